The average molecular weight is 214 g/mol. The zero-order valence-electron chi connectivity index (χ0n) is 10.4. The number of nitrogens with one attached hydrogen (secondary N) is 1. The Bertz CT molecular complexity index is 169. The predicted octanol–water partition coefficient (Wildman–Crippen LogP) is 1.91. The van der Waals surface area contributed by atoms with Crippen LogP contribution in [-0.2, 0) is 4.79 Å². The van der Waals surface area contributed by atoms with E-state index in [2.05, 4.69) is 26.1 Å². The van der Waals surface area contributed by atoms with Gasteiger partial charge in [0.2, 0.25) is 5.91 Å². The van der Waals surface area contributed by atoms with E-state index in [-0.39, 0.29) is 5.91 Å². The van der Waals surface area contributed by atoms with Crippen LogP contribution in [0.1, 0.15) is 46.5 Å². The molecule has 0 fully saturated rings. The SMILES string of the molecule is CCC(CC(=O)NCCCCN)C(C)C. The van der Waals surface area contributed by atoms with Gasteiger partial charge < -0.3 is 11.1 Å². The molecule has 3 heteroatoms. The van der Waals surface area contributed by atoms with Gasteiger partial charge in [-0.1, -0.05) is 27.2 Å². The van der Waals surface area contributed by atoms with Crippen LogP contribution in [0.4, 0.5) is 0 Å². The van der Waals surface area contributed by atoms with Crippen molar-refractivity contribution >= 4 is 5.91 Å². The van der Waals surface area contributed by atoms with Gasteiger partial charge in [0.1, 0.15) is 0 Å². The lowest BCUT2D eigenvalue weighted by Crippen LogP contribution is -2.28. The molecule has 0 spiro atoms. The van der Waals surface area contributed by atoms with Crippen molar-refractivity contribution < 1.29 is 4.79 Å². The molecule has 90 valence electrons. The summed E-state index contributed by atoms with van der Waals surface area (Å²) in [5.41, 5.74) is 5.37. The first-order valence-corrected chi connectivity index (χ1v) is 6.08. The summed E-state index contributed by atoms with van der Waals surface area (Å²) in [6.45, 7) is 7.97. The summed E-state index contributed by atoms with van der Waals surface area (Å²) in [4.78, 5) is 11.5. The van der Waals surface area contributed by atoms with E-state index >= 15 is 0 Å². The first-order valence-electron chi connectivity index (χ1n) is 6.08. The Balaban J connectivity index is 3.62. The Morgan fingerprint density at radius 2 is 2.00 bits per heavy atom. The van der Waals surface area contributed by atoms with Gasteiger partial charge in [0.15, 0.2) is 0 Å². The summed E-state index contributed by atoms with van der Waals surface area (Å²) in [6.07, 6.45) is 3.72. The van der Waals surface area contributed by atoms with E-state index in [0.29, 0.717) is 24.8 Å². The van der Waals surface area contributed by atoms with Gasteiger partial charge in [-0.05, 0) is 31.2 Å². The quantitative estimate of drug-likeness (QED) is 0.606. The fourth-order valence-electron chi connectivity index (χ4n) is 1.66. The lowest BCUT2D eigenvalue weighted by molar-refractivity contribution is -0.122. The maximum absolute atomic E-state index is 11.5. The first-order chi connectivity index (χ1) is 7.11. The molecule has 0 aliphatic rings. The molecule has 0 aliphatic heterocycles. The number of carbonyl (C=O) groups excluding carboxylic acids is 1. The van der Waals surface area contributed by atoms with Gasteiger partial charge >= 0.3 is 0 Å². The standard InChI is InChI=1S/C12H26N2O/c1-4-11(10(2)3)9-12(15)14-8-6-5-7-13/h10-11H,4-9,13H2,1-3H3,(H,14,15). The highest BCUT2D eigenvalue weighted by atomic mass is 16.1. The van der Waals surface area contributed by atoms with E-state index in [1.54, 1.807) is 0 Å². The molecule has 0 rings (SSSR count). The maximum atomic E-state index is 11.5. The van der Waals surface area contributed by atoms with Crippen LogP contribution in [0.25, 0.3) is 0 Å². The van der Waals surface area contributed by atoms with E-state index in [9.17, 15) is 4.79 Å². The van der Waals surface area contributed by atoms with E-state index in [1.807, 2.05) is 0 Å². The molecule has 0 aromatic rings. The molecule has 1 amide bonds. The Labute approximate surface area is 93.8 Å². The van der Waals surface area contributed by atoms with Crippen LogP contribution in [0, 0.1) is 11.8 Å². The van der Waals surface area contributed by atoms with Crippen LogP contribution in [-0.4, -0.2) is 19.0 Å². The normalized spacial score (nSPS) is 12.9. The number of carbonyl (C=O) groups is 1. The summed E-state index contributed by atoms with van der Waals surface area (Å²) in [5.74, 6) is 1.29. The van der Waals surface area contributed by atoms with Crippen molar-refractivity contribution in [3.05, 3.63) is 0 Å². The summed E-state index contributed by atoms with van der Waals surface area (Å²) in [6, 6.07) is 0. The molecule has 0 bridgehead atoms. The van der Waals surface area contributed by atoms with Gasteiger partial charge in [-0.3, -0.25) is 4.79 Å². The van der Waals surface area contributed by atoms with E-state index in [0.717, 1.165) is 25.8 Å². The molecule has 0 aliphatic carbocycles. The van der Waals surface area contributed by atoms with Crippen molar-refractivity contribution in [3.8, 4) is 0 Å². The highest BCUT2D eigenvalue weighted by Gasteiger charge is 2.14. The second kappa shape index (κ2) is 8.72. The first kappa shape index (κ1) is 14.4. The Morgan fingerprint density at radius 1 is 1.33 bits per heavy atom. The molecule has 15 heavy (non-hydrogen) atoms. The smallest absolute Gasteiger partial charge is 0.220 e. The third-order valence-electron chi connectivity index (χ3n) is 2.87. The van der Waals surface area contributed by atoms with Crippen LogP contribution in [0.2, 0.25) is 0 Å². The number of nitrogens with two attached hydrogens (primary N) is 1. The molecule has 0 saturated carbocycles. The molecule has 0 aromatic heterocycles. The Hall–Kier alpha value is -0.570. The van der Waals surface area contributed by atoms with E-state index in [4.69, 9.17) is 5.73 Å². The highest BCUT2D eigenvalue weighted by Crippen LogP contribution is 2.18. The lowest BCUT2D eigenvalue weighted by atomic mass is 9.90. The topological polar surface area (TPSA) is 55.1 Å². The summed E-state index contributed by atoms with van der Waals surface area (Å²) in [5, 5.41) is 2.94. The van der Waals surface area contributed by atoms with Gasteiger partial charge in [-0.15, -0.1) is 0 Å². The van der Waals surface area contributed by atoms with Crippen LogP contribution >= 0.6 is 0 Å². The molecule has 0 radical (unpaired) electrons. The van der Waals surface area contributed by atoms with Crippen LogP contribution in [0.15, 0.2) is 0 Å². The fraction of sp³-hybridized carbons (Fsp3) is 0.917. The molecule has 3 nitrogen and oxygen atoms in total. The predicted molar refractivity (Wildman–Crippen MR) is 64.5 cm³/mol. The Morgan fingerprint density at radius 3 is 2.47 bits per heavy atom. The molecular formula is C12H26N2O. The van der Waals surface area contributed by atoms with E-state index in [1.165, 1.54) is 0 Å². The second-order valence-corrected chi connectivity index (χ2v) is 4.46. The van der Waals surface area contributed by atoms with E-state index < -0.39 is 0 Å². The summed E-state index contributed by atoms with van der Waals surface area (Å²) < 4.78 is 0. The number of hydrogen-bond acceptors (Lipinski definition) is 2. The van der Waals surface area contributed by atoms with Crippen molar-refractivity contribution in [2.45, 2.75) is 46.5 Å². The van der Waals surface area contributed by atoms with Gasteiger partial charge in [0.25, 0.3) is 0 Å². The largest absolute Gasteiger partial charge is 0.356 e. The molecule has 1 atom stereocenters. The monoisotopic (exact) mass is 214 g/mol. The van der Waals surface area contributed by atoms with Gasteiger partial charge in [0.05, 0.1) is 0 Å². The third-order valence-corrected chi connectivity index (χ3v) is 2.87. The fourth-order valence-corrected chi connectivity index (χ4v) is 1.66. The van der Waals surface area contributed by atoms with Crippen LogP contribution in [0.5, 0.6) is 0 Å². The molecule has 0 heterocycles. The minimum Gasteiger partial charge on any atom is -0.356 e. The average Bonchev–Trinajstić information content (AvgIpc) is 2.20. The summed E-state index contributed by atoms with van der Waals surface area (Å²) >= 11 is 0. The zero-order chi connectivity index (χ0) is 11.7. The van der Waals surface area contributed by atoms with Gasteiger partial charge in [0, 0.05) is 13.0 Å². The number of unbranched alkanes of at least 4 members (excludes halogenated alkanes) is 1. The highest BCUT2D eigenvalue weighted by molar-refractivity contribution is 5.76. The molecule has 0 aromatic carbocycles. The van der Waals surface area contributed by atoms with Crippen molar-refractivity contribution in [1.82, 2.24) is 5.32 Å². The Kier molecular flexibility index (Phi) is 8.38. The second-order valence-electron chi connectivity index (χ2n) is 4.46. The van der Waals surface area contributed by atoms with Crippen molar-refractivity contribution in [1.29, 1.82) is 0 Å². The number of hydrogen-bond donors (Lipinski definition) is 2. The zero-order valence-corrected chi connectivity index (χ0v) is 10.4. The number of amides is 1. The minimum absolute atomic E-state index is 0.188. The van der Waals surface area contributed by atoms with Gasteiger partial charge in [-0.2, -0.15) is 0 Å². The molecule has 3 N–H and O–H groups in total. The van der Waals surface area contributed by atoms with Crippen LogP contribution < -0.4 is 11.1 Å². The van der Waals surface area contributed by atoms with Crippen molar-refractivity contribution in [2.24, 2.45) is 17.6 Å². The number of rotatable bonds is 8. The summed E-state index contributed by atoms with van der Waals surface area (Å²) in [7, 11) is 0. The third kappa shape index (κ3) is 7.37. The van der Waals surface area contributed by atoms with Crippen molar-refractivity contribution in [3.63, 3.8) is 0 Å². The molecule has 0 saturated heterocycles. The molecule has 1 unspecified atom stereocenters. The minimum atomic E-state index is 0.188. The van der Waals surface area contributed by atoms with Crippen LogP contribution in [0.3, 0.4) is 0 Å². The molecular weight excluding hydrogens is 188 g/mol. The maximum Gasteiger partial charge on any atom is 0.220 e. The van der Waals surface area contributed by atoms with Crippen molar-refractivity contribution in [2.75, 3.05) is 13.1 Å². The lowest BCUT2D eigenvalue weighted by Gasteiger charge is -2.18. The van der Waals surface area contributed by atoms with Gasteiger partial charge in [-0.25, -0.2) is 0 Å².